The number of methoxy groups -OCH3 is 1. The van der Waals surface area contributed by atoms with Crippen molar-refractivity contribution >= 4 is 22.6 Å². The molecular formula is C29H50O7Si2. The first-order chi connectivity index (χ1) is 17.4. The van der Waals surface area contributed by atoms with E-state index in [1.807, 2.05) is 30.3 Å². The molecule has 0 radical (unpaired) electrons. The van der Waals surface area contributed by atoms with Crippen molar-refractivity contribution in [3.8, 4) is 0 Å². The van der Waals surface area contributed by atoms with Crippen LogP contribution in [0, 0.1) is 0 Å². The minimum absolute atomic E-state index is 0.0598. The standard InChI is InChI=1S/C29H50O7Si2/c1-13-23(30)34-24-22(20-32-19-21-17-15-14-16-18-21)33-27(31-8)26(36-38(11,12)29(5,6)7)25(24)35-37(9,10)28(2,3)4/h13-18,22,24-27H,1,19-20H2,2-12H3/t22-,24-,25+,26-,27+/m1/s1. The Kier molecular flexibility index (Phi) is 11.1. The highest BCUT2D eigenvalue weighted by molar-refractivity contribution is 6.74. The zero-order chi connectivity index (χ0) is 28.9. The third-order valence-corrected chi connectivity index (χ3v) is 17.1. The maximum atomic E-state index is 12.6. The van der Waals surface area contributed by atoms with Crippen LogP contribution < -0.4 is 0 Å². The first-order valence-corrected chi connectivity index (χ1v) is 19.2. The summed E-state index contributed by atoms with van der Waals surface area (Å²) in [7, 11) is -3.04. The lowest BCUT2D eigenvalue weighted by atomic mass is 9.99. The molecule has 0 N–H and O–H groups in total. The molecule has 7 nitrogen and oxygen atoms in total. The molecule has 0 bridgehead atoms. The van der Waals surface area contributed by atoms with E-state index in [0.717, 1.165) is 11.6 Å². The number of hydrogen-bond donors (Lipinski definition) is 0. The van der Waals surface area contributed by atoms with Crippen molar-refractivity contribution in [3.05, 3.63) is 48.6 Å². The van der Waals surface area contributed by atoms with Crippen molar-refractivity contribution in [3.63, 3.8) is 0 Å². The Balaban J connectivity index is 2.50. The highest BCUT2D eigenvalue weighted by Crippen LogP contribution is 2.43. The topological polar surface area (TPSA) is 72.5 Å². The summed E-state index contributed by atoms with van der Waals surface area (Å²) in [5.74, 6) is -0.544. The average Bonchev–Trinajstić information content (AvgIpc) is 2.81. The van der Waals surface area contributed by atoms with Gasteiger partial charge >= 0.3 is 5.97 Å². The number of carbonyl (C=O) groups is 1. The van der Waals surface area contributed by atoms with Crippen molar-refractivity contribution in [1.29, 1.82) is 0 Å². The molecule has 1 fully saturated rings. The van der Waals surface area contributed by atoms with E-state index in [1.165, 1.54) is 0 Å². The van der Waals surface area contributed by atoms with E-state index in [-0.39, 0.29) is 16.7 Å². The second kappa shape index (κ2) is 12.9. The third kappa shape index (κ3) is 8.33. The summed E-state index contributed by atoms with van der Waals surface area (Å²) < 4.78 is 38.2. The lowest BCUT2D eigenvalue weighted by Gasteiger charge is -2.52. The van der Waals surface area contributed by atoms with Gasteiger partial charge in [-0.1, -0.05) is 78.5 Å². The molecule has 0 unspecified atom stereocenters. The Hall–Kier alpha value is -1.34. The Morgan fingerprint density at radius 2 is 1.45 bits per heavy atom. The third-order valence-electron chi connectivity index (χ3n) is 8.11. The SMILES string of the molecule is C=CC(=O)O[C@H]1[C@H](O[Si](C)(C)C(C)(C)C)[C@@H](O[Si](C)(C)C(C)(C)C)[C@@H](OC)O[C@@H]1COCc1ccccc1. The van der Waals surface area contributed by atoms with Gasteiger partial charge in [0.2, 0.25) is 0 Å². The summed E-state index contributed by atoms with van der Waals surface area (Å²) in [4.78, 5) is 12.6. The van der Waals surface area contributed by atoms with E-state index in [4.69, 9.17) is 27.8 Å². The minimum atomic E-state index is -2.35. The van der Waals surface area contributed by atoms with Crippen LogP contribution in [-0.4, -0.2) is 67.0 Å². The van der Waals surface area contributed by atoms with Crippen LogP contribution in [0.2, 0.25) is 36.3 Å². The maximum absolute atomic E-state index is 12.6. The van der Waals surface area contributed by atoms with Crippen molar-refractivity contribution in [2.24, 2.45) is 0 Å². The Morgan fingerprint density at radius 3 is 1.92 bits per heavy atom. The molecule has 5 atom stereocenters. The summed E-state index contributed by atoms with van der Waals surface area (Å²) in [6.07, 6.45) is -2.16. The van der Waals surface area contributed by atoms with Gasteiger partial charge in [0.1, 0.15) is 18.3 Å². The molecule has 0 aliphatic carbocycles. The van der Waals surface area contributed by atoms with E-state index >= 15 is 0 Å². The van der Waals surface area contributed by atoms with Crippen LogP contribution in [0.3, 0.4) is 0 Å². The van der Waals surface area contributed by atoms with Crippen molar-refractivity contribution < 1.29 is 32.6 Å². The Morgan fingerprint density at radius 1 is 0.921 bits per heavy atom. The largest absolute Gasteiger partial charge is 0.454 e. The fourth-order valence-electron chi connectivity index (χ4n) is 3.69. The van der Waals surface area contributed by atoms with Gasteiger partial charge < -0.3 is 27.8 Å². The highest BCUT2D eigenvalue weighted by atomic mass is 28.4. The van der Waals surface area contributed by atoms with Crippen LogP contribution in [0.4, 0.5) is 0 Å². The number of rotatable bonds is 11. The lowest BCUT2D eigenvalue weighted by Crippen LogP contribution is -2.66. The van der Waals surface area contributed by atoms with Gasteiger partial charge in [-0.2, -0.15) is 0 Å². The van der Waals surface area contributed by atoms with E-state index in [1.54, 1.807) is 7.11 Å². The molecule has 216 valence electrons. The van der Waals surface area contributed by atoms with Crippen molar-refractivity contribution in [1.82, 2.24) is 0 Å². The molecule has 9 heteroatoms. The number of benzene rings is 1. The Bertz CT molecular complexity index is 906. The van der Waals surface area contributed by atoms with E-state index in [9.17, 15) is 4.79 Å². The molecule has 1 aliphatic rings. The van der Waals surface area contributed by atoms with E-state index in [0.29, 0.717) is 6.61 Å². The fourth-order valence-corrected chi connectivity index (χ4v) is 6.27. The molecule has 0 spiro atoms. The quantitative estimate of drug-likeness (QED) is 0.173. The predicted molar refractivity (Wildman–Crippen MR) is 156 cm³/mol. The zero-order valence-corrected chi connectivity index (χ0v) is 27.3. The molecule has 1 aromatic rings. The molecular weight excluding hydrogens is 516 g/mol. The minimum Gasteiger partial charge on any atom is -0.454 e. The normalized spacial score (nSPS) is 25.2. The number of ether oxygens (including phenoxy) is 4. The molecule has 0 amide bonds. The van der Waals surface area contributed by atoms with Crippen LogP contribution in [0.25, 0.3) is 0 Å². The maximum Gasteiger partial charge on any atom is 0.330 e. The van der Waals surface area contributed by atoms with Crippen molar-refractivity contribution in [2.45, 2.75) is 115 Å². The van der Waals surface area contributed by atoms with E-state index in [2.05, 4.69) is 74.3 Å². The summed E-state index contributed by atoms with van der Waals surface area (Å²) in [5.41, 5.74) is 1.04. The first-order valence-electron chi connectivity index (χ1n) is 13.4. The number of carbonyl (C=O) groups excluding carboxylic acids is 1. The van der Waals surface area contributed by atoms with Crippen LogP contribution in [-0.2, 0) is 39.2 Å². The first kappa shape index (κ1) is 32.9. The van der Waals surface area contributed by atoms with Crippen molar-refractivity contribution in [2.75, 3.05) is 13.7 Å². The molecule has 2 rings (SSSR count). The number of hydrogen-bond acceptors (Lipinski definition) is 7. The molecule has 1 heterocycles. The van der Waals surface area contributed by atoms with Gasteiger partial charge in [-0.3, -0.25) is 0 Å². The van der Waals surface area contributed by atoms with Gasteiger partial charge in [0, 0.05) is 13.2 Å². The monoisotopic (exact) mass is 566 g/mol. The van der Waals surface area contributed by atoms with Gasteiger partial charge in [0.15, 0.2) is 29.0 Å². The molecule has 0 aromatic heterocycles. The zero-order valence-electron chi connectivity index (χ0n) is 25.3. The molecule has 1 saturated heterocycles. The fraction of sp³-hybridized carbons (Fsp3) is 0.690. The van der Waals surface area contributed by atoms with Crippen LogP contribution in [0.15, 0.2) is 43.0 Å². The van der Waals surface area contributed by atoms with E-state index < -0.39 is 53.3 Å². The summed E-state index contributed by atoms with van der Waals surface area (Å²) in [5, 5.41) is -0.141. The Labute approximate surface area is 232 Å². The van der Waals surface area contributed by atoms with Gasteiger partial charge in [0.25, 0.3) is 0 Å². The number of esters is 1. The summed E-state index contributed by atoms with van der Waals surface area (Å²) >= 11 is 0. The van der Waals surface area contributed by atoms with Gasteiger partial charge in [-0.25, -0.2) is 4.79 Å². The highest BCUT2D eigenvalue weighted by Gasteiger charge is 2.55. The summed E-state index contributed by atoms with van der Waals surface area (Å²) in [6.45, 7) is 26.0. The predicted octanol–water partition coefficient (Wildman–Crippen LogP) is 6.45. The van der Waals surface area contributed by atoms with Crippen LogP contribution in [0.1, 0.15) is 47.1 Å². The van der Waals surface area contributed by atoms with Gasteiger partial charge in [0.05, 0.1) is 13.2 Å². The molecule has 1 aromatic carbocycles. The van der Waals surface area contributed by atoms with Crippen LogP contribution >= 0.6 is 0 Å². The summed E-state index contributed by atoms with van der Waals surface area (Å²) in [6, 6.07) is 9.91. The molecule has 38 heavy (non-hydrogen) atoms. The molecule has 1 aliphatic heterocycles. The second-order valence-electron chi connectivity index (χ2n) is 13.1. The second-order valence-corrected chi connectivity index (χ2v) is 22.6. The van der Waals surface area contributed by atoms with Gasteiger partial charge in [-0.05, 0) is 41.8 Å². The smallest absolute Gasteiger partial charge is 0.330 e. The lowest BCUT2D eigenvalue weighted by molar-refractivity contribution is -0.292. The van der Waals surface area contributed by atoms with Gasteiger partial charge in [-0.15, -0.1) is 0 Å². The van der Waals surface area contributed by atoms with Crippen LogP contribution in [0.5, 0.6) is 0 Å². The molecule has 0 saturated carbocycles. The average molecular weight is 567 g/mol.